The molecule has 4 rings (SSSR count). The Labute approximate surface area is 179 Å². The fourth-order valence-corrected chi connectivity index (χ4v) is 3.74. The van der Waals surface area contributed by atoms with E-state index in [1.165, 1.54) is 27.6 Å². The summed E-state index contributed by atoms with van der Waals surface area (Å²) in [5.74, 6) is 0. The van der Waals surface area contributed by atoms with E-state index in [9.17, 15) is 14.8 Å². The number of nitrogens with zero attached hydrogens (tertiary/aromatic N) is 4. The third-order valence-corrected chi connectivity index (χ3v) is 5.15. The summed E-state index contributed by atoms with van der Waals surface area (Å²) in [5.41, 5.74) is 1.10. The van der Waals surface area contributed by atoms with Crippen molar-refractivity contribution in [2.75, 3.05) is 0 Å². The summed E-state index contributed by atoms with van der Waals surface area (Å²) in [6, 6.07) is 21.9. The monoisotopic (exact) mass is 414 g/mol. The van der Waals surface area contributed by atoms with Crippen molar-refractivity contribution < 1.29 is 4.85 Å². The summed E-state index contributed by atoms with van der Waals surface area (Å²) in [7, 11) is 0. The first-order chi connectivity index (χ1) is 15.1. The molecule has 0 saturated carbocycles. The molecule has 0 aliphatic carbocycles. The molecule has 0 atom stereocenters. The first-order valence-electron chi connectivity index (χ1n) is 10.1. The van der Waals surface area contributed by atoms with E-state index in [2.05, 4.69) is 5.10 Å². The van der Waals surface area contributed by atoms with Crippen LogP contribution in [0.15, 0.2) is 94.8 Å². The summed E-state index contributed by atoms with van der Waals surface area (Å²) in [5, 5.41) is 16.0. The molecule has 0 aliphatic heterocycles. The second-order valence-electron chi connectivity index (χ2n) is 7.20. The Bertz CT molecular complexity index is 1260. The van der Waals surface area contributed by atoms with Crippen molar-refractivity contribution in [2.45, 2.75) is 25.9 Å². The average molecular weight is 414 g/mol. The van der Waals surface area contributed by atoms with Crippen LogP contribution in [0.25, 0.3) is 11.3 Å². The van der Waals surface area contributed by atoms with Crippen molar-refractivity contribution in [1.82, 2.24) is 14.2 Å². The van der Waals surface area contributed by atoms with Crippen LogP contribution in [0.2, 0.25) is 0 Å². The minimum absolute atomic E-state index is 0.103. The maximum Gasteiger partial charge on any atom is 0.331 e. The molecule has 0 N–H and O–H groups in total. The lowest BCUT2D eigenvalue weighted by Crippen LogP contribution is -2.44. The number of rotatable bonds is 6. The molecule has 7 nitrogen and oxygen atoms in total. The van der Waals surface area contributed by atoms with Crippen molar-refractivity contribution in [2.24, 2.45) is 0 Å². The fourth-order valence-electron chi connectivity index (χ4n) is 3.74. The first kappa shape index (κ1) is 20.3. The van der Waals surface area contributed by atoms with Crippen LogP contribution >= 0.6 is 0 Å². The van der Waals surface area contributed by atoms with Gasteiger partial charge in [-0.15, -0.1) is 0 Å². The first-order valence-corrected chi connectivity index (χ1v) is 10.1. The molecule has 4 aromatic rings. The van der Waals surface area contributed by atoms with Gasteiger partial charge in [-0.3, -0.25) is 13.9 Å². The van der Waals surface area contributed by atoms with Gasteiger partial charge < -0.3 is 5.21 Å². The third-order valence-electron chi connectivity index (χ3n) is 5.15. The van der Waals surface area contributed by atoms with E-state index in [1.54, 1.807) is 6.07 Å². The lowest BCUT2D eigenvalue weighted by molar-refractivity contribution is -0.658. The Morgan fingerprint density at radius 2 is 1.55 bits per heavy atom. The molecule has 7 heteroatoms. The van der Waals surface area contributed by atoms with Crippen LogP contribution in [0.4, 0.5) is 0 Å². The highest BCUT2D eigenvalue weighted by atomic mass is 16.5. The van der Waals surface area contributed by atoms with Gasteiger partial charge in [0.2, 0.25) is 0 Å². The van der Waals surface area contributed by atoms with Crippen LogP contribution in [0, 0.1) is 5.21 Å². The topological polar surface area (TPSA) is 83.8 Å². The van der Waals surface area contributed by atoms with E-state index in [0.717, 1.165) is 11.1 Å². The lowest BCUT2D eigenvalue weighted by atomic mass is 9.98. The van der Waals surface area contributed by atoms with Crippen molar-refractivity contribution in [1.29, 1.82) is 0 Å². The van der Waals surface area contributed by atoms with Gasteiger partial charge in [-0.05, 0) is 28.5 Å². The normalized spacial score (nSPS) is 11.0. The smallest absolute Gasteiger partial charge is 0.331 e. The lowest BCUT2D eigenvalue weighted by Gasteiger charge is -2.22. The van der Waals surface area contributed by atoms with Crippen LogP contribution in [0.1, 0.15) is 30.5 Å². The molecule has 0 aliphatic rings. The highest BCUT2D eigenvalue weighted by Gasteiger charge is 2.24. The number of hydrogen-bond donors (Lipinski definition) is 0. The number of aromatic nitrogens is 4. The number of benzene rings is 2. The minimum Gasteiger partial charge on any atom is -0.594 e. The largest absolute Gasteiger partial charge is 0.594 e. The number of hydrogen-bond acceptors (Lipinski definition) is 4. The predicted octanol–water partition coefficient (Wildman–Crippen LogP) is 2.75. The van der Waals surface area contributed by atoms with Gasteiger partial charge in [-0.2, -0.15) is 0 Å². The highest BCUT2D eigenvalue weighted by molar-refractivity contribution is 5.53. The fraction of sp³-hybridized carbons (Fsp3) is 0.167. The zero-order chi connectivity index (χ0) is 21.8. The summed E-state index contributed by atoms with van der Waals surface area (Å²) >= 11 is 0. The van der Waals surface area contributed by atoms with Crippen molar-refractivity contribution in [3.8, 4) is 11.3 Å². The van der Waals surface area contributed by atoms with Crippen LogP contribution in [-0.4, -0.2) is 14.2 Å². The Morgan fingerprint density at radius 1 is 0.935 bits per heavy atom. The van der Waals surface area contributed by atoms with Gasteiger partial charge >= 0.3 is 5.69 Å². The van der Waals surface area contributed by atoms with E-state index in [4.69, 9.17) is 0 Å². The summed E-state index contributed by atoms with van der Waals surface area (Å²) in [6.07, 6.45) is 3.44. The van der Waals surface area contributed by atoms with Gasteiger partial charge in [0.1, 0.15) is 5.56 Å². The van der Waals surface area contributed by atoms with Gasteiger partial charge in [0.05, 0.1) is 12.2 Å². The van der Waals surface area contributed by atoms with Crippen molar-refractivity contribution in [3.63, 3.8) is 0 Å². The molecule has 156 valence electrons. The van der Waals surface area contributed by atoms with E-state index in [1.807, 2.05) is 67.6 Å². The molecule has 0 spiro atoms. The van der Waals surface area contributed by atoms with Gasteiger partial charge in [0, 0.05) is 23.9 Å². The van der Waals surface area contributed by atoms with E-state index >= 15 is 0 Å². The second kappa shape index (κ2) is 8.79. The molecule has 0 unspecified atom stereocenters. The Balaban J connectivity index is 2.05. The van der Waals surface area contributed by atoms with Crippen LogP contribution in [0.3, 0.4) is 0 Å². The molecule has 0 amide bonds. The predicted molar refractivity (Wildman–Crippen MR) is 118 cm³/mol. The van der Waals surface area contributed by atoms with Crippen molar-refractivity contribution in [3.05, 3.63) is 122 Å². The summed E-state index contributed by atoms with van der Waals surface area (Å²) in [6.45, 7) is 2.15. The molecule has 31 heavy (non-hydrogen) atoms. The maximum atomic E-state index is 13.5. The molecule has 2 aromatic carbocycles. The molecule has 0 bridgehead atoms. The van der Waals surface area contributed by atoms with E-state index in [0.29, 0.717) is 11.3 Å². The maximum absolute atomic E-state index is 13.5. The summed E-state index contributed by atoms with van der Waals surface area (Å²) < 4.78 is 2.73. The van der Waals surface area contributed by atoms with Crippen LogP contribution in [-0.2, 0) is 6.54 Å². The zero-order valence-electron chi connectivity index (χ0n) is 17.1. The Kier molecular flexibility index (Phi) is 5.75. The Morgan fingerprint density at radius 3 is 2.10 bits per heavy atom. The van der Waals surface area contributed by atoms with E-state index < -0.39 is 17.3 Å². The molecular formula is C24H22N4O3. The molecule has 0 saturated heterocycles. The molecule has 2 aromatic heterocycles. The molecule has 0 fully saturated rings. The standard InChI is InChI=1S/C24H22N4O3/c1-2-16-26-23(29)20(21-14-9-15-25-28(21)31)17-27(24(26)30)22(18-10-5-3-6-11-18)19-12-7-4-8-13-19/h3-15,17,22H,2,16H2,1H3. The minimum atomic E-state index is -0.499. The van der Waals surface area contributed by atoms with Gasteiger partial charge in [0.25, 0.3) is 11.3 Å². The van der Waals surface area contributed by atoms with Gasteiger partial charge in [0.15, 0.2) is 0 Å². The van der Waals surface area contributed by atoms with Crippen molar-refractivity contribution >= 4 is 0 Å². The molecular weight excluding hydrogens is 392 g/mol. The Hall–Kier alpha value is -4.00. The van der Waals surface area contributed by atoms with E-state index in [-0.39, 0.29) is 17.8 Å². The van der Waals surface area contributed by atoms with Crippen LogP contribution in [0.5, 0.6) is 0 Å². The second-order valence-corrected chi connectivity index (χ2v) is 7.20. The SMILES string of the molecule is CCCn1c(=O)c(-c2cccn[n+]2[O-])cn(C(c2ccccc2)c2ccccc2)c1=O. The van der Waals surface area contributed by atoms with Gasteiger partial charge in [-0.1, -0.05) is 67.6 Å². The van der Waals surface area contributed by atoms with Gasteiger partial charge in [-0.25, -0.2) is 4.79 Å². The molecule has 2 heterocycles. The third kappa shape index (κ3) is 3.90. The summed E-state index contributed by atoms with van der Waals surface area (Å²) in [4.78, 5) is 27.0. The highest BCUT2D eigenvalue weighted by Crippen LogP contribution is 2.26. The quantitative estimate of drug-likeness (QED) is 0.359. The van der Waals surface area contributed by atoms with Crippen LogP contribution < -0.4 is 16.1 Å². The zero-order valence-corrected chi connectivity index (χ0v) is 17.1. The molecule has 0 radical (unpaired) electrons. The average Bonchev–Trinajstić information content (AvgIpc) is 2.80.